The zero-order valence-corrected chi connectivity index (χ0v) is 11.6. The maximum absolute atomic E-state index is 5.81. The third kappa shape index (κ3) is 4.59. The van der Waals surface area contributed by atoms with Crippen molar-refractivity contribution in [2.75, 3.05) is 0 Å². The van der Waals surface area contributed by atoms with E-state index in [0.717, 1.165) is 6.04 Å². The molecular formula is C15H29NO. The molecule has 0 spiro atoms. The molecule has 2 atom stereocenters. The maximum atomic E-state index is 5.81. The van der Waals surface area contributed by atoms with E-state index >= 15 is 0 Å². The Hall–Kier alpha value is -0.0800. The molecular weight excluding hydrogens is 210 g/mol. The third-order valence-electron chi connectivity index (χ3n) is 4.27. The van der Waals surface area contributed by atoms with Gasteiger partial charge in [-0.25, -0.2) is 0 Å². The van der Waals surface area contributed by atoms with Crippen LogP contribution in [0.25, 0.3) is 0 Å². The summed E-state index contributed by atoms with van der Waals surface area (Å²) < 4.78 is 5.81. The van der Waals surface area contributed by atoms with Crippen LogP contribution in [0.4, 0.5) is 0 Å². The SMILES string of the molecule is CC1CC(NC2CCCCCCC2)CC(C)O1. The first-order chi connectivity index (χ1) is 8.24. The first-order valence-electron chi connectivity index (χ1n) is 7.65. The molecule has 2 heteroatoms. The topological polar surface area (TPSA) is 21.3 Å². The van der Waals surface area contributed by atoms with Crippen molar-refractivity contribution in [2.24, 2.45) is 0 Å². The van der Waals surface area contributed by atoms with Crippen LogP contribution in [0.2, 0.25) is 0 Å². The van der Waals surface area contributed by atoms with Crippen LogP contribution < -0.4 is 5.32 Å². The van der Waals surface area contributed by atoms with Crippen molar-refractivity contribution in [1.29, 1.82) is 0 Å². The molecule has 2 unspecified atom stereocenters. The predicted molar refractivity (Wildman–Crippen MR) is 72.3 cm³/mol. The van der Waals surface area contributed by atoms with Crippen LogP contribution >= 0.6 is 0 Å². The molecule has 1 heterocycles. The fourth-order valence-corrected chi connectivity index (χ4v) is 3.50. The maximum Gasteiger partial charge on any atom is 0.0565 e. The summed E-state index contributed by atoms with van der Waals surface area (Å²) in [7, 11) is 0. The van der Waals surface area contributed by atoms with Crippen LogP contribution in [0.5, 0.6) is 0 Å². The van der Waals surface area contributed by atoms with Gasteiger partial charge in [0.25, 0.3) is 0 Å². The molecule has 1 aliphatic carbocycles. The van der Waals surface area contributed by atoms with E-state index in [-0.39, 0.29) is 0 Å². The normalized spacial score (nSPS) is 37.4. The summed E-state index contributed by atoms with van der Waals surface area (Å²) in [6, 6.07) is 1.47. The highest BCUT2D eigenvalue weighted by molar-refractivity contribution is 4.82. The Morgan fingerprint density at radius 2 is 1.29 bits per heavy atom. The number of nitrogens with one attached hydrogen (secondary N) is 1. The molecule has 0 aromatic rings. The van der Waals surface area contributed by atoms with Gasteiger partial charge in [-0.05, 0) is 39.5 Å². The van der Waals surface area contributed by atoms with Gasteiger partial charge in [0.2, 0.25) is 0 Å². The van der Waals surface area contributed by atoms with Gasteiger partial charge in [0.15, 0.2) is 0 Å². The second-order valence-electron chi connectivity index (χ2n) is 6.13. The van der Waals surface area contributed by atoms with Gasteiger partial charge in [-0.1, -0.05) is 32.1 Å². The molecule has 1 aliphatic heterocycles. The monoisotopic (exact) mass is 239 g/mol. The molecule has 1 saturated heterocycles. The van der Waals surface area contributed by atoms with Crippen LogP contribution in [-0.4, -0.2) is 24.3 Å². The standard InChI is InChI=1S/C15H29NO/c1-12-10-15(11-13(2)17-12)16-14-8-6-4-3-5-7-9-14/h12-16H,3-11H2,1-2H3. The summed E-state index contributed by atoms with van der Waals surface area (Å²) in [5, 5.41) is 3.91. The quantitative estimate of drug-likeness (QED) is 0.794. The van der Waals surface area contributed by atoms with Gasteiger partial charge >= 0.3 is 0 Å². The van der Waals surface area contributed by atoms with Crippen molar-refractivity contribution in [3.8, 4) is 0 Å². The second-order valence-corrected chi connectivity index (χ2v) is 6.13. The van der Waals surface area contributed by atoms with E-state index in [0.29, 0.717) is 18.2 Å². The molecule has 17 heavy (non-hydrogen) atoms. The van der Waals surface area contributed by atoms with E-state index in [9.17, 15) is 0 Å². The van der Waals surface area contributed by atoms with Crippen molar-refractivity contribution in [3.63, 3.8) is 0 Å². The molecule has 2 nitrogen and oxygen atoms in total. The van der Waals surface area contributed by atoms with E-state index in [4.69, 9.17) is 4.74 Å². The molecule has 2 fully saturated rings. The lowest BCUT2D eigenvalue weighted by atomic mass is 9.93. The molecule has 0 bridgehead atoms. The predicted octanol–water partition coefficient (Wildman–Crippen LogP) is 3.64. The highest BCUT2D eigenvalue weighted by Crippen LogP contribution is 2.22. The van der Waals surface area contributed by atoms with Crippen molar-refractivity contribution >= 4 is 0 Å². The van der Waals surface area contributed by atoms with Crippen LogP contribution in [0.1, 0.15) is 71.6 Å². The Kier molecular flexibility index (Phi) is 5.30. The minimum Gasteiger partial charge on any atom is -0.375 e. The minimum absolute atomic E-state index is 0.435. The second kappa shape index (κ2) is 6.75. The number of hydrogen-bond donors (Lipinski definition) is 1. The summed E-state index contributed by atoms with van der Waals surface area (Å²) in [5.41, 5.74) is 0. The van der Waals surface area contributed by atoms with Gasteiger partial charge in [0.05, 0.1) is 12.2 Å². The molecule has 1 N–H and O–H groups in total. The lowest BCUT2D eigenvalue weighted by molar-refractivity contribution is -0.0439. The smallest absolute Gasteiger partial charge is 0.0565 e. The summed E-state index contributed by atoms with van der Waals surface area (Å²) in [4.78, 5) is 0. The highest BCUT2D eigenvalue weighted by Gasteiger charge is 2.26. The fourth-order valence-electron chi connectivity index (χ4n) is 3.50. The van der Waals surface area contributed by atoms with Gasteiger partial charge in [-0.2, -0.15) is 0 Å². The molecule has 1 saturated carbocycles. The average Bonchev–Trinajstić information content (AvgIpc) is 2.20. The average molecular weight is 239 g/mol. The molecule has 2 aliphatic rings. The van der Waals surface area contributed by atoms with Crippen LogP contribution in [0.15, 0.2) is 0 Å². The van der Waals surface area contributed by atoms with Gasteiger partial charge in [0, 0.05) is 12.1 Å². The summed E-state index contributed by atoms with van der Waals surface area (Å²) in [6.07, 6.45) is 13.2. The Morgan fingerprint density at radius 3 is 1.88 bits per heavy atom. The van der Waals surface area contributed by atoms with Crippen LogP contribution in [0.3, 0.4) is 0 Å². The van der Waals surface area contributed by atoms with Gasteiger partial charge in [0.1, 0.15) is 0 Å². The first kappa shape index (κ1) is 13.4. The molecule has 100 valence electrons. The summed E-state index contributed by atoms with van der Waals surface area (Å²) in [5.74, 6) is 0. The molecule has 2 rings (SSSR count). The van der Waals surface area contributed by atoms with Gasteiger partial charge in [-0.3, -0.25) is 0 Å². The lowest BCUT2D eigenvalue weighted by Gasteiger charge is -2.35. The Balaban J connectivity index is 1.77. The zero-order valence-electron chi connectivity index (χ0n) is 11.6. The summed E-state index contributed by atoms with van der Waals surface area (Å²) in [6.45, 7) is 4.42. The lowest BCUT2D eigenvalue weighted by Crippen LogP contribution is -2.45. The van der Waals surface area contributed by atoms with Crippen molar-refractivity contribution in [3.05, 3.63) is 0 Å². The minimum atomic E-state index is 0.435. The van der Waals surface area contributed by atoms with E-state index in [1.807, 2.05) is 0 Å². The summed E-state index contributed by atoms with van der Waals surface area (Å²) >= 11 is 0. The van der Waals surface area contributed by atoms with Crippen LogP contribution in [0, 0.1) is 0 Å². The molecule has 0 amide bonds. The van der Waals surface area contributed by atoms with E-state index in [1.54, 1.807) is 0 Å². The first-order valence-corrected chi connectivity index (χ1v) is 7.65. The van der Waals surface area contributed by atoms with Crippen molar-refractivity contribution < 1.29 is 4.74 Å². The third-order valence-corrected chi connectivity index (χ3v) is 4.27. The van der Waals surface area contributed by atoms with E-state index in [1.165, 1.54) is 57.8 Å². The highest BCUT2D eigenvalue weighted by atomic mass is 16.5. The van der Waals surface area contributed by atoms with Crippen LogP contribution in [-0.2, 0) is 4.74 Å². The van der Waals surface area contributed by atoms with Crippen molar-refractivity contribution in [2.45, 2.75) is 95.9 Å². The van der Waals surface area contributed by atoms with E-state index < -0.39 is 0 Å². The Labute approximate surface area is 107 Å². The molecule has 0 aromatic heterocycles. The number of rotatable bonds is 2. The molecule has 0 radical (unpaired) electrons. The largest absolute Gasteiger partial charge is 0.375 e. The zero-order chi connectivity index (χ0) is 12.1. The van der Waals surface area contributed by atoms with E-state index in [2.05, 4.69) is 19.2 Å². The number of hydrogen-bond acceptors (Lipinski definition) is 2. The van der Waals surface area contributed by atoms with Gasteiger partial charge < -0.3 is 10.1 Å². The van der Waals surface area contributed by atoms with Gasteiger partial charge in [-0.15, -0.1) is 0 Å². The number of ether oxygens (including phenoxy) is 1. The van der Waals surface area contributed by atoms with Crippen molar-refractivity contribution in [1.82, 2.24) is 5.32 Å². The fraction of sp³-hybridized carbons (Fsp3) is 1.00. The Bertz CT molecular complexity index is 201. The Morgan fingerprint density at radius 1 is 0.765 bits per heavy atom. The molecule has 0 aromatic carbocycles.